The number of aryl methyl sites for hydroxylation is 2. The number of piperidine rings is 1. The second-order valence-electron chi connectivity index (χ2n) is 7.79. The minimum atomic E-state index is -4.77. The largest absolute Gasteiger partial charge is 0.417 e. The van der Waals surface area contributed by atoms with Gasteiger partial charge in [0, 0.05) is 18.8 Å². The number of imidazole rings is 1. The van der Waals surface area contributed by atoms with Crippen LogP contribution in [-0.2, 0) is 13.2 Å². The Morgan fingerprint density at radius 2 is 1.97 bits per heavy atom. The second-order valence-corrected chi connectivity index (χ2v) is 7.79. The average molecular weight is 449 g/mol. The van der Waals surface area contributed by atoms with E-state index in [0.717, 1.165) is 38.1 Å². The number of benzene rings is 1. The molecule has 1 saturated heterocycles. The maximum Gasteiger partial charge on any atom is 0.417 e. The summed E-state index contributed by atoms with van der Waals surface area (Å²) >= 11 is 0. The number of anilines is 2. The van der Waals surface area contributed by atoms with E-state index in [-0.39, 0.29) is 23.4 Å². The number of rotatable bonds is 4. The molecular formula is C20H22F3N7O2. The van der Waals surface area contributed by atoms with Crippen molar-refractivity contribution in [2.75, 3.05) is 18.4 Å². The van der Waals surface area contributed by atoms with Crippen molar-refractivity contribution < 1.29 is 18.0 Å². The molecule has 3 heterocycles. The van der Waals surface area contributed by atoms with E-state index in [1.807, 2.05) is 0 Å². The van der Waals surface area contributed by atoms with Crippen LogP contribution in [0.4, 0.5) is 24.8 Å². The van der Waals surface area contributed by atoms with Gasteiger partial charge in [-0.3, -0.25) is 13.9 Å². The number of aromatic nitrogens is 4. The van der Waals surface area contributed by atoms with Gasteiger partial charge >= 0.3 is 11.9 Å². The van der Waals surface area contributed by atoms with Gasteiger partial charge in [-0.25, -0.2) is 9.78 Å². The molecule has 0 aliphatic carbocycles. The molecule has 0 saturated carbocycles. The molecule has 1 fully saturated rings. The summed E-state index contributed by atoms with van der Waals surface area (Å²) in [7, 11) is 1.63. The minimum absolute atomic E-state index is 0.0360. The lowest BCUT2D eigenvalue weighted by Crippen LogP contribution is -2.34. The molecule has 3 aromatic rings. The number of nitrogens with zero attached hydrogens (tertiary/aromatic N) is 4. The first-order valence-electron chi connectivity index (χ1n) is 10.0. The number of primary amides is 1. The first-order chi connectivity index (χ1) is 15.1. The topological polar surface area (TPSA) is 120 Å². The Morgan fingerprint density at radius 1 is 1.28 bits per heavy atom. The van der Waals surface area contributed by atoms with Gasteiger partial charge < -0.3 is 16.4 Å². The number of alkyl halides is 3. The Hall–Kier alpha value is -3.41. The van der Waals surface area contributed by atoms with Gasteiger partial charge in [0.15, 0.2) is 5.65 Å². The van der Waals surface area contributed by atoms with Gasteiger partial charge in [-0.2, -0.15) is 18.2 Å². The summed E-state index contributed by atoms with van der Waals surface area (Å²) in [6.07, 6.45) is -1.79. The molecule has 1 amide bonds. The normalized spacial score (nSPS) is 15.3. The number of amides is 1. The van der Waals surface area contributed by atoms with Crippen LogP contribution in [0.5, 0.6) is 0 Å². The van der Waals surface area contributed by atoms with Gasteiger partial charge in [0.2, 0.25) is 11.9 Å². The maximum absolute atomic E-state index is 13.5. The van der Waals surface area contributed by atoms with Gasteiger partial charge in [0.1, 0.15) is 5.52 Å². The third-order valence-corrected chi connectivity index (χ3v) is 5.69. The Morgan fingerprint density at radius 3 is 2.59 bits per heavy atom. The monoisotopic (exact) mass is 449 g/mol. The Bertz CT molecular complexity index is 1260. The Labute approximate surface area is 180 Å². The second kappa shape index (κ2) is 7.93. The van der Waals surface area contributed by atoms with E-state index >= 15 is 0 Å². The summed E-state index contributed by atoms with van der Waals surface area (Å²) in [6.45, 7) is 3.09. The Balaban J connectivity index is 1.78. The molecule has 12 heteroatoms. The number of hydrogen-bond donors (Lipinski definition) is 3. The highest BCUT2D eigenvalue weighted by Crippen LogP contribution is 2.36. The number of halogens is 3. The summed E-state index contributed by atoms with van der Waals surface area (Å²) in [5.74, 6) is -1.13. The molecule has 2 aromatic heterocycles. The predicted octanol–water partition coefficient (Wildman–Crippen LogP) is 2.22. The van der Waals surface area contributed by atoms with Crippen LogP contribution in [0.25, 0.3) is 11.2 Å². The first kappa shape index (κ1) is 21.8. The standard InChI is InChI=1S/C20H22F3N7O2/c1-10-7-12(16(24)31)13(20(21,22)23)8-14(10)27-18-26-9-15-17(28-18)30(19(32)29(15)2)11-3-5-25-6-4-11/h7-9,11,25H,3-6H2,1-2H3,(H2,24,31)(H,26,27,28). The molecule has 0 unspecified atom stereocenters. The smallest absolute Gasteiger partial charge is 0.366 e. The van der Waals surface area contributed by atoms with Crippen molar-refractivity contribution in [2.45, 2.75) is 32.0 Å². The molecule has 0 spiro atoms. The van der Waals surface area contributed by atoms with Crippen molar-refractivity contribution in [3.05, 3.63) is 45.5 Å². The van der Waals surface area contributed by atoms with Crippen molar-refractivity contribution in [1.29, 1.82) is 0 Å². The Kier molecular flexibility index (Phi) is 5.41. The number of carbonyl (C=O) groups excluding carboxylic acids is 1. The van der Waals surface area contributed by atoms with E-state index in [2.05, 4.69) is 20.6 Å². The fraction of sp³-hybridized carbons (Fsp3) is 0.400. The SMILES string of the molecule is Cc1cc(C(N)=O)c(C(F)(F)F)cc1Nc1ncc2c(n1)n(C1CCNCC1)c(=O)n2C. The van der Waals surface area contributed by atoms with Gasteiger partial charge in [0.25, 0.3) is 0 Å². The minimum Gasteiger partial charge on any atom is -0.366 e. The predicted molar refractivity (Wildman–Crippen MR) is 112 cm³/mol. The van der Waals surface area contributed by atoms with Crippen LogP contribution < -0.4 is 22.1 Å². The molecule has 9 nitrogen and oxygen atoms in total. The summed E-state index contributed by atoms with van der Waals surface area (Å²) in [4.78, 5) is 32.9. The van der Waals surface area contributed by atoms with Gasteiger partial charge in [-0.05, 0) is 50.6 Å². The van der Waals surface area contributed by atoms with Gasteiger partial charge in [-0.1, -0.05) is 0 Å². The highest BCUT2D eigenvalue weighted by molar-refractivity contribution is 5.95. The van der Waals surface area contributed by atoms with Crippen molar-refractivity contribution in [3.8, 4) is 0 Å². The third kappa shape index (κ3) is 3.81. The van der Waals surface area contributed by atoms with Crippen LogP contribution in [0.1, 0.15) is 40.4 Å². The van der Waals surface area contributed by atoms with Crippen molar-refractivity contribution in [3.63, 3.8) is 0 Å². The van der Waals surface area contributed by atoms with Crippen LogP contribution in [0.2, 0.25) is 0 Å². The fourth-order valence-electron chi connectivity index (χ4n) is 3.99. The summed E-state index contributed by atoms with van der Waals surface area (Å²) in [5, 5.41) is 6.04. The lowest BCUT2D eigenvalue weighted by molar-refractivity contribution is -0.137. The van der Waals surface area contributed by atoms with Crippen LogP contribution in [0.3, 0.4) is 0 Å². The molecule has 1 aromatic carbocycles. The number of carbonyl (C=O) groups is 1. The molecule has 1 aliphatic heterocycles. The number of hydrogen-bond acceptors (Lipinski definition) is 6. The molecule has 0 radical (unpaired) electrons. The highest BCUT2D eigenvalue weighted by atomic mass is 19.4. The first-order valence-corrected chi connectivity index (χ1v) is 10.0. The summed E-state index contributed by atoms with van der Waals surface area (Å²) in [6, 6.07) is 1.86. The average Bonchev–Trinajstić information content (AvgIpc) is 2.98. The van der Waals surface area contributed by atoms with Gasteiger partial charge in [0.05, 0.1) is 17.3 Å². The summed E-state index contributed by atoms with van der Waals surface area (Å²) < 4.78 is 43.5. The van der Waals surface area contributed by atoms with Crippen LogP contribution in [0, 0.1) is 6.92 Å². The van der Waals surface area contributed by atoms with Gasteiger partial charge in [-0.15, -0.1) is 0 Å². The number of nitrogens with two attached hydrogens (primary N) is 1. The summed E-state index contributed by atoms with van der Waals surface area (Å²) in [5.41, 5.74) is 4.51. The molecule has 4 N–H and O–H groups in total. The van der Waals surface area contributed by atoms with Crippen molar-refractivity contribution >= 4 is 28.7 Å². The maximum atomic E-state index is 13.5. The molecule has 170 valence electrons. The van der Waals surface area contributed by atoms with E-state index < -0.39 is 23.2 Å². The molecule has 0 atom stereocenters. The lowest BCUT2D eigenvalue weighted by atomic mass is 10.0. The van der Waals surface area contributed by atoms with E-state index in [1.54, 1.807) is 18.5 Å². The fourth-order valence-corrected chi connectivity index (χ4v) is 3.99. The quantitative estimate of drug-likeness (QED) is 0.562. The van der Waals surface area contributed by atoms with Crippen molar-refractivity contribution in [2.24, 2.45) is 12.8 Å². The third-order valence-electron chi connectivity index (χ3n) is 5.69. The zero-order valence-electron chi connectivity index (χ0n) is 17.5. The number of nitrogens with one attached hydrogen (secondary N) is 2. The molecule has 1 aliphatic rings. The van der Waals surface area contributed by atoms with E-state index in [9.17, 15) is 22.8 Å². The zero-order chi connectivity index (χ0) is 23.2. The molecule has 4 rings (SSSR count). The highest BCUT2D eigenvalue weighted by Gasteiger charge is 2.35. The van der Waals surface area contributed by atoms with Crippen molar-refractivity contribution in [1.82, 2.24) is 24.4 Å². The van der Waals surface area contributed by atoms with E-state index in [0.29, 0.717) is 16.7 Å². The van der Waals surface area contributed by atoms with E-state index in [1.165, 1.54) is 10.8 Å². The zero-order valence-corrected chi connectivity index (χ0v) is 17.5. The van der Waals surface area contributed by atoms with Crippen LogP contribution in [-0.4, -0.2) is 38.1 Å². The molecule has 32 heavy (non-hydrogen) atoms. The van der Waals surface area contributed by atoms with Crippen LogP contribution >= 0.6 is 0 Å². The van der Waals surface area contributed by atoms with Crippen LogP contribution in [0.15, 0.2) is 23.1 Å². The molecule has 0 bridgehead atoms. The lowest BCUT2D eigenvalue weighted by Gasteiger charge is -2.23. The number of fused-ring (bicyclic) bond motifs is 1. The molecular weight excluding hydrogens is 427 g/mol. The van der Waals surface area contributed by atoms with E-state index in [4.69, 9.17) is 5.73 Å².